The zero-order valence-corrected chi connectivity index (χ0v) is 67.6. The summed E-state index contributed by atoms with van der Waals surface area (Å²) in [5.41, 5.74) is 0. The number of aliphatic hydroxyl groups is 29. The van der Waals surface area contributed by atoms with Crippen molar-refractivity contribution in [3.05, 3.63) is 0 Å². The van der Waals surface area contributed by atoms with Crippen LogP contribution in [0.25, 0.3) is 0 Å². The minimum Gasteiger partial charge on any atom is -0.394 e. The van der Waals surface area contributed by atoms with Crippen LogP contribution in [0.4, 0.5) is 0 Å². The van der Waals surface area contributed by atoms with E-state index in [1.165, 1.54) is 41.5 Å². The van der Waals surface area contributed by atoms with E-state index in [1.54, 1.807) is 0 Å². The first-order valence-corrected chi connectivity index (χ1v) is 41.0. The molecule has 0 amide bonds. The topological polar surface area (TPSA) is 799 Å². The molecule has 12 rings (SSSR count). The highest BCUT2D eigenvalue weighted by Gasteiger charge is 2.63. The maximum Gasteiger partial charge on any atom is 0.187 e. The molecule has 29 N–H and O–H groups in total. The third kappa shape index (κ3) is 21.3. The third-order valence-electron chi connectivity index (χ3n) is 24.5. The van der Waals surface area contributed by atoms with Gasteiger partial charge in [0.05, 0.1) is 94.6 Å². The average Bonchev–Trinajstić information content (AvgIpc) is 0.767. The lowest BCUT2D eigenvalue weighted by atomic mass is 9.95. The molecule has 722 valence electrons. The standard InChI is InChI=1S/C72H122O52/c1-16-22(79)7-25(82)62(103-16)119-55-37(88)31(13-76)111-70(58(55)122-67-45(96)40(91)34(85)28(10-73)108-67)115-51-20(5)106-65(46(97)42(51)93)118-54-36(87)30(12-75)110-69(49(54)100)124-60-57(121-64-27(84)9-24(81)18(3)105-64)39(90)33(15-78)113-72(60)116-52-21(6)107-66(47(98)43(52)94)117-53-35(86)29(11-74)109-68(48(53)99)123-59-56(120-63-26(83)8-23(80)17(2)104-63)38(89)32(14-77)112-71(59)114-50-19(4)102-61(101)44(95)41(50)92/h16-101H,7-15H2,1-6H3/t16-,17-,18-,19+,20+,21+,22+,23+,24+,25-,26-,27-,28-,29-,30-,31-,32-,33-,34+,35+,36+,37-,38-,39-,40+,41+,42+,43+,44-,45-,46-,47-,48-,49-,50+,51+,52+,53+,54+,55+,56+,57+,58+,59+,60+,61?,62-,63-,64-,65+,66+,67-,68-,69-,70-,71-,72-/m1/s1. The van der Waals surface area contributed by atoms with E-state index in [0.717, 1.165) is 0 Å². The summed E-state index contributed by atoms with van der Waals surface area (Å²) in [6, 6.07) is 0. The van der Waals surface area contributed by atoms with Crippen LogP contribution in [0.2, 0.25) is 0 Å². The molecule has 0 spiro atoms. The summed E-state index contributed by atoms with van der Waals surface area (Å²) in [5.74, 6) is 0. The van der Waals surface area contributed by atoms with Crippen LogP contribution in [-0.2, 0) is 109 Å². The van der Waals surface area contributed by atoms with E-state index in [1.807, 2.05) is 0 Å². The molecular formula is C72H122O52. The Labute approximate surface area is 705 Å². The molecule has 12 heterocycles. The molecule has 0 bridgehead atoms. The second-order valence-corrected chi connectivity index (χ2v) is 33.2. The fourth-order valence-electron chi connectivity index (χ4n) is 16.9. The molecule has 0 aromatic rings. The largest absolute Gasteiger partial charge is 0.394 e. The van der Waals surface area contributed by atoms with E-state index >= 15 is 0 Å². The van der Waals surface area contributed by atoms with Gasteiger partial charge in [-0.15, -0.1) is 0 Å². The number of ether oxygens (including phenoxy) is 23. The second kappa shape index (κ2) is 43.1. The van der Waals surface area contributed by atoms with E-state index in [-0.39, 0.29) is 12.8 Å². The first-order valence-electron chi connectivity index (χ1n) is 41.0. The van der Waals surface area contributed by atoms with Gasteiger partial charge in [-0.2, -0.15) is 0 Å². The van der Waals surface area contributed by atoms with E-state index in [0.29, 0.717) is 0 Å². The fourth-order valence-corrected chi connectivity index (χ4v) is 16.9. The summed E-state index contributed by atoms with van der Waals surface area (Å²) in [6.45, 7) is 1.64. The highest BCUT2D eigenvalue weighted by molar-refractivity contribution is 5.04. The van der Waals surface area contributed by atoms with Gasteiger partial charge < -0.3 is 257 Å². The fraction of sp³-hybridized carbons (Fsp3) is 1.00. The highest BCUT2D eigenvalue weighted by Crippen LogP contribution is 2.43. The third-order valence-corrected chi connectivity index (χ3v) is 24.5. The summed E-state index contributed by atoms with van der Waals surface area (Å²) < 4.78 is 138. The van der Waals surface area contributed by atoms with Crippen molar-refractivity contribution in [2.75, 3.05) is 39.6 Å². The van der Waals surface area contributed by atoms with Gasteiger partial charge in [0.1, 0.15) is 220 Å². The van der Waals surface area contributed by atoms with Crippen LogP contribution in [0.1, 0.15) is 60.8 Å². The van der Waals surface area contributed by atoms with Crippen molar-refractivity contribution in [1.82, 2.24) is 0 Å². The summed E-state index contributed by atoms with van der Waals surface area (Å²) in [6.07, 6.45) is -109. The Bertz CT molecular complexity index is 3230. The maximum atomic E-state index is 12.4. The number of rotatable bonds is 28. The Morgan fingerprint density at radius 2 is 0.379 bits per heavy atom. The number of hydrogen-bond donors (Lipinski definition) is 29. The lowest BCUT2D eigenvalue weighted by Crippen LogP contribution is -2.69. The molecule has 0 aromatic heterocycles. The van der Waals surface area contributed by atoms with Crippen LogP contribution in [-0.4, -0.2) is 538 Å². The number of aliphatic hydroxyl groups excluding tert-OH is 29. The molecule has 12 fully saturated rings. The van der Waals surface area contributed by atoms with E-state index < -0.39 is 396 Å². The summed E-state index contributed by atoms with van der Waals surface area (Å²) in [4.78, 5) is 0. The molecule has 12 aliphatic rings. The molecule has 12 saturated heterocycles. The Kier molecular flexibility index (Phi) is 35.1. The summed E-state index contributed by atoms with van der Waals surface area (Å²) in [5, 5.41) is 325. The molecule has 1 unspecified atom stereocenters. The van der Waals surface area contributed by atoms with E-state index in [9.17, 15) is 148 Å². The smallest absolute Gasteiger partial charge is 0.187 e. The van der Waals surface area contributed by atoms with Gasteiger partial charge in [-0.1, -0.05) is 0 Å². The van der Waals surface area contributed by atoms with Gasteiger partial charge in [-0.3, -0.25) is 0 Å². The summed E-state index contributed by atoms with van der Waals surface area (Å²) >= 11 is 0. The van der Waals surface area contributed by atoms with Crippen molar-refractivity contribution in [2.24, 2.45) is 0 Å². The van der Waals surface area contributed by atoms with Crippen molar-refractivity contribution < 1.29 is 257 Å². The predicted octanol–water partition coefficient (Wildman–Crippen LogP) is -17.9. The van der Waals surface area contributed by atoms with Crippen LogP contribution in [0.3, 0.4) is 0 Å². The zero-order valence-electron chi connectivity index (χ0n) is 67.6. The van der Waals surface area contributed by atoms with Crippen LogP contribution in [0, 0.1) is 0 Å². The first kappa shape index (κ1) is 101. The Morgan fingerprint density at radius 3 is 0.677 bits per heavy atom. The lowest BCUT2D eigenvalue weighted by Gasteiger charge is -2.51. The van der Waals surface area contributed by atoms with Gasteiger partial charge in [-0.25, -0.2) is 0 Å². The first-order chi connectivity index (χ1) is 58.7. The molecule has 0 radical (unpaired) electrons. The SMILES string of the molecule is C[C@@H]1OC(O)[C@H](O)[C@H](O)[C@H]1O[C@H]1O[C@H](CO)[C@@H](O)[C@H](O[C@H]2O[C@H](C)[C@@H](O)C[C@H]2O)[C@@H]1O[C@H]1O[C@H](CO)[C@H](O)[C@H](O[C@@H]2O[C@@H](C)[C@H](O[C@H]3O[C@H](CO)[C@@H](O)[C@H](O[C@H]4O[C@H](C)[C@@H](O)C[C@H]4O)[C@@H]3O[C@H]3O[C@H](CO)[C@H](O)[C@H](O[C@@H]4O[C@@H](C)[C@H](O[C@H]5O[C@H](CO)[C@@H](O)[C@H](O[C@H]6O[C@H](C)[C@@H](O)C[C@H]6O)[C@@H]5O[C@H]5O[C@H](CO)[C@H](O)[C@H](O)[C@H]5O)[C@@H](O)[C@H]4O)[C@H]3O)[C@@H](O)[C@H]2O)[C@H]1O. The minimum atomic E-state index is -2.42. The van der Waals surface area contributed by atoms with Crippen molar-refractivity contribution in [2.45, 2.75) is 411 Å². The van der Waals surface area contributed by atoms with Gasteiger partial charge in [0.2, 0.25) is 0 Å². The van der Waals surface area contributed by atoms with Gasteiger partial charge in [0, 0.05) is 19.3 Å². The zero-order chi connectivity index (χ0) is 90.5. The molecule has 0 aromatic carbocycles. The Morgan fingerprint density at radius 1 is 0.169 bits per heavy atom. The van der Waals surface area contributed by atoms with Crippen LogP contribution >= 0.6 is 0 Å². The molecule has 0 saturated carbocycles. The van der Waals surface area contributed by atoms with Crippen molar-refractivity contribution >= 4 is 0 Å². The average molecular weight is 1820 g/mol. The molecule has 52 heteroatoms. The van der Waals surface area contributed by atoms with Gasteiger partial charge >= 0.3 is 0 Å². The van der Waals surface area contributed by atoms with Crippen molar-refractivity contribution in [3.63, 3.8) is 0 Å². The molecular weight excluding hydrogens is 1700 g/mol. The quantitative estimate of drug-likeness (QED) is 0.0346. The van der Waals surface area contributed by atoms with Gasteiger partial charge in [-0.05, 0) is 41.5 Å². The van der Waals surface area contributed by atoms with E-state index in [4.69, 9.17) is 109 Å². The van der Waals surface area contributed by atoms with Crippen molar-refractivity contribution in [3.8, 4) is 0 Å². The highest BCUT2D eigenvalue weighted by atomic mass is 16.8. The lowest BCUT2D eigenvalue weighted by molar-refractivity contribution is -0.416. The molecule has 0 aliphatic carbocycles. The molecule has 12 aliphatic heterocycles. The summed E-state index contributed by atoms with van der Waals surface area (Å²) in [7, 11) is 0. The molecule has 124 heavy (non-hydrogen) atoms. The van der Waals surface area contributed by atoms with Gasteiger partial charge in [0.15, 0.2) is 75.5 Å². The van der Waals surface area contributed by atoms with Gasteiger partial charge in [0.25, 0.3) is 0 Å². The number of hydrogen-bond acceptors (Lipinski definition) is 52. The predicted molar refractivity (Wildman–Crippen MR) is 382 cm³/mol. The Balaban J connectivity index is 0.780. The molecule has 57 atom stereocenters. The maximum absolute atomic E-state index is 12.4. The van der Waals surface area contributed by atoms with Crippen molar-refractivity contribution in [1.29, 1.82) is 0 Å². The second-order valence-electron chi connectivity index (χ2n) is 33.2. The normalized spacial score (nSPS) is 55.0. The van der Waals surface area contributed by atoms with Crippen LogP contribution in [0.15, 0.2) is 0 Å². The minimum absolute atomic E-state index is 0.328. The Hall–Kier alpha value is -2.08. The van der Waals surface area contributed by atoms with E-state index in [2.05, 4.69) is 0 Å². The molecule has 52 nitrogen and oxygen atoms in total. The van der Waals surface area contributed by atoms with Crippen LogP contribution in [0.5, 0.6) is 0 Å². The monoisotopic (exact) mass is 1820 g/mol. The van der Waals surface area contributed by atoms with Crippen LogP contribution < -0.4 is 0 Å².